The number of hydrogen-bond donors (Lipinski definition) is 2. The summed E-state index contributed by atoms with van der Waals surface area (Å²) in [5.74, 6) is -3.38. The number of nitrogens with zero attached hydrogens (tertiary/aromatic N) is 4. The molecule has 1 aromatic heterocycles. The summed E-state index contributed by atoms with van der Waals surface area (Å²) in [6.07, 6.45) is -4.82. The van der Waals surface area contributed by atoms with Crippen LogP contribution in [0.1, 0.15) is 16.2 Å². The van der Waals surface area contributed by atoms with Crippen LogP contribution in [0.15, 0.2) is 18.2 Å². The van der Waals surface area contributed by atoms with Crippen LogP contribution < -0.4 is 5.32 Å². The molecule has 2 N–H and O–H groups in total. The largest absolute Gasteiger partial charge is 0.451 e. The molecular formula is C10H5F3N6O5. The summed E-state index contributed by atoms with van der Waals surface area (Å²) in [5, 5.41) is 27.9. The zero-order valence-corrected chi connectivity index (χ0v) is 11.2. The zero-order valence-electron chi connectivity index (χ0n) is 11.2. The molecule has 1 amide bonds. The Morgan fingerprint density at radius 1 is 1.12 bits per heavy atom. The lowest BCUT2D eigenvalue weighted by molar-refractivity contribution is -0.394. The molecule has 14 heteroatoms. The molecular weight excluding hydrogens is 341 g/mol. The van der Waals surface area contributed by atoms with Crippen molar-refractivity contribution in [2.24, 2.45) is 0 Å². The number of non-ortho nitro benzene ring substituents is 2. The molecule has 0 aliphatic heterocycles. The van der Waals surface area contributed by atoms with Crippen LogP contribution >= 0.6 is 0 Å². The van der Waals surface area contributed by atoms with Gasteiger partial charge < -0.3 is 0 Å². The molecule has 1 heterocycles. The minimum atomic E-state index is -4.82. The van der Waals surface area contributed by atoms with E-state index < -0.39 is 50.6 Å². The van der Waals surface area contributed by atoms with Crippen molar-refractivity contribution in [1.82, 2.24) is 15.2 Å². The first kappa shape index (κ1) is 16.8. The Morgan fingerprint density at radius 3 is 2.08 bits per heavy atom. The fourth-order valence-electron chi connectivity index (χ4n) is 1.56. The van der Waals surface area contributed by atoms with Crippen molar-refractivity contribution in [2.45, 2.75) is 6.18 Å². The van der Waals surface area contributed by atoms with Crippen molar-refractivity contribution < 1.29 is 27.8 Å². The number of H-pyrrole nitrogens is 1. The topological polar surface area (TPSA) is 157 Å². The standard InChI is InChI=1S/C10H5F3N6O5/c11-10(12,13)8-15-9(17-16-8)14-7(20)4-1-5(18(21)22)3-6(2-4)19(23)24/h1-3H,(H2,14,15,16,17,20). The number of nitro benzene ring substituents is 2. The monoisotopic (exact) mass is 346 g/mol. The Bertz CT molecular complexity index is 800. The number of carbonyl (C=O) groups excluding carboxylic acids is 1. The minimum Gasteiger partial charge on any atom is -0.289 e. The highest BCUT2D eigenvalue weighted by Crippen LogP contribution is 2.27. The predicted molar refractivity (Wildman–Crippen MR) is 69.1 cm³/mol. The fraction of sp³-hybridized carbons (Fsp3) is 0.100. The number of nitro groups is 2. The van der Waals surface area contributed by atoms with Crippen molar-refractivity contribution in [2.75, 3.05) is 5.32 Å². The smallest absolute Gasteiger partial charge is 0.289 e. The normalized spacial score (nSPS) is 11.1. The second-order valence-corrected chi connectivity index (χ2v) is 4.21. The van der Waals surface area contributed by atoms with Gasteiger partial charge in [-0.25, -0.2) is 0 Å². The van der Waals surface area contributed by atoms with Crippen LogP contribution in [0.3, 0.4) is 0 Å². The molecule has 2 rings (SSSR count). The molecule has 0 atom stereocenters. The lowest BCUT2D eigenvalue weighted by Gasteiger charge is -2.02. The van der Waals surface area contributed by atoms with Gasteiger partial charge in [0.2, 0.25) is 11.8 Å². The summed E-state index contributed by atoms with van der Waals surface area (Å²) in [5.41, 5.74) is -1.99. The molecule has 0 aliphatic rings. The summed E-state index contributed by atoms with van der Waals surface area (Å²) in [6, 6.07) is 2.07. The van der Waals surface area contributed by atoms with Crippen molar-refractivity contribution in [3.63, 3.8) is 0 Å². The zero-order chi connectivity index (χ0) is 18.1. The van der Waals surface area contributed by atoms with Gasteiger partial charge in [-0.05, 0) is 0 Å². The Labute approximate surface area is 128 Å². The van der Waals surface area contributed by atoms with Gasteiger partial charge in [-0.2, -0.15) is 18.2 Å². The molecule has 0 unspecified atom stereocenters. The molecule has 1 aromatic carbocycles. The molecule has 0 saturated heterocycles. The van der Waals surface area contributed by atoms with E-state index in [9.17, 15) is 38.2 Å². The van der Waals surface area contributed by atoms with E-state index in [-0.39, 0.29) is 0 Å². The SMILES string of the molecule is O=C(Nc1n[nH]c(C(F)(F)F)n1)c1cc([N+](=O)[O-])cc([N+](=O)[O-])c1. The van der Waals surface area contributed by atoms with Crippen LogP contribution in [-0.4, -0.2) is 30.9 Å². The third kappa shape index (κ3) is 3.60. The molecule has 126 valence electrons. The quantitative estimate of drug-likeness (QED) is 0.632. The lowest BCUT2D eigenvalue weighted by Crippen LogP contribution is -2.14. The molecule has 0 saturated carbocycles. The van der Waals surface area contributed by atoms with Gasteiger partial charge in [0.1, 0.15) is 0 Å². The van der Waals surface area contributed by atoms with Gasteiger partial charge in [0.25, 0.3) is 17.3 Å². The van der Waals surface area contributed by atoms with Crippen LogP contribution in [-0.2, 0) is 6.18 Å². The Kier molecular flexibility index (Phi) is 4.13. The van der Waals surface area contributed by atoms with Crippen LogP contribution in [0.5, 0.6) is 0 Å². The fourth-order valence-corrected chi connectivity index (χ4v) is 1.56. The molecule has 0 fully saturated rings. The second kappa shape index (κ2) is 5.90. The molecule has 0 bridgehead atoms. The van der Waals surface area contributed by atoms with Crippen molar-refractivity contribution in [3.05, 3.63) is 49.8 Å². The number of alkyl halides is 3. The van der Waals surface area contributed by atoms with E-state index in [1.165, 1.54) is 0 Å². The first-order valence-corrected chi connectivity index (χ1v) is 5.83. The van der Waals surface area contributed by atoms with Gasteiger partial charge >= 0.3 is 6.18 Å². The highest BCUT2D eigenvalue weighted by Gasteiger charge is 2.35. The summed E-state index contributed by atoms with van der Waals surface area (Å²) >= 11 is 0. The van der Waals surface area contributed by atoms with Crippen molar-refractivity contribution in [1.29, 1.82) is 0 Å². The maximum atomic E-state index is 12.3. The number of carbonyl (C=O) groups is 1. The van der Waals surface area contributed by atoms with E-state index >= 15 is 0 Å². The van der Waals surface area contributed by atoms with Crippen LogP contribution in [0.4, 0.5) is 30.5 Å². The number of benzene rings is 1. The summed E-state index contributed by atoms with van der Waals surface area (Å²) in [7, 11) is 0. The number of aromatic amines is 1. The molecule has 0 aliphatic carbocycles. The average molecular weight is 346 g/mol. The Balaban J connectivity index is 2.31. The minimum absolute atomic E-state index is 0.519. The van der Waals surface area contributed by atoms with Crippen molar-refractivity contribution in [3.8, 4) is 0 Å². The van der Waals surface area contributed by atoms with Crippen molar-refractivity contribution >= 4 is 23.2 Å². The summed E-state index contributed by atoms with van der Waals surface area (Å²) < 4.78 is 37.0. The number of aromatic nitrogens is 3. The first-order chi connectivity index (χ1) is 11.1. The maximum Gasteiger partial charge on any atom is 0.451 e. The number of halogens is 3. The predicted octanol–water partition coefficient (Wildman–Crippen LogP) is 1.89. The Hall–Kier alpha value is -3.58. The van der Waals surface area contributed by atoms with E-state index in [1.807, 2.05) is 5.32 Å². The number of amides is 1. The third-order valence-corrected chi connectivity index (χ3v) is 2.57. The number of anilines is 1. The number of hydrogen-bond acceptors (Lipinski definition) is 7. The van der Waals surface area contributed by atoms with Gasteiger partial charge in [-0.1, -0.05) is 0 Å². The highest BCUT2D eigenvalue weighted by molar-refractivity contribution is 6.04. The average Bonchev–Trinajstić information content (AvgIpc) is 2.95. The van der Waals surface area contributed by atoms with Gasteiger partial charge in [0.15, 0.2) is 0 Å². The highest BCUT2D eigenvalue weighted by atomic mass is 19.4. The first-order valence-electron chi connectivity index (χ1n) is 5.83. The van der Waals surface area contributed by atoms with Crippen LogP contribution in [0.25, 0.3) is 0 Å². The number of nitrogens with one attached hydrogen (secondary N) is 2. The van der Waals surface area contributed by atoms with Gasteiger partial charge in [-0.3, -0.25) is 35.4 Å². The van der Waals surface area contributed by atoms with E-state index in [0.717, 1.165) is 12.1 Å². The van der Waals surface area contributed by atoms with E-state index in [4.69, 9.17) is 0 Å². The maximum absolute atomic E-state index is 12.3. The molecule has 0 radical (unpaired) electrons. The van der Waals surface area contributed by atoms with E-state index in [1.54, 1.807) is 5.10 Å². The van der Waals surface area contributed by atoms with Gasteiger partial charge in [-0.15, -0.1) is 5.10 Å². The molecule has 2 aromatic rings. The number of rotatable bonds is 4. The van der Waals surface area contributed by atoms with Gasteiger partial charge in [0.05, 0.1) is 21.5 Å². The second-order valence-electron chi connectivity index (χ2n) is 4.21. The third-order valence-electron chi connectivity index (χ3n) is 2.57. The van der Waals surface area contributed by atoms with Crippen LogP contribution in [0.2, 0.25) is 0 Å². The van der Waals surface area contributed by atoms with Gasteiger partial charge in [0, 0.05) is 12.1 Å². The Morgan fingerprint density at radius 2 is 1.67 bits per heavy atom. The van der Waals surface area contributed by atoms with Crippen LogP contribution in [0, 0.1) is 20.2 Å². The van der Waals surface area contributed by atoms with E-state index in [2.05, 4.69) is 10.1 Å². The molecule has 24 heavy (non-hydrogen) atoms. The lowest BCUT2D eigenvalue weighted by atomic mass is 10.1. The summed E-state index contributed by atoms with van der Waals surface area (Å²) in [4.78, 5) is 34.4. The molecule has 11 nitrogen and oxygen atoms in total. The van der Waals surface area contributed by atoms with E-state index in [0.29, 0.717) is 6.07 Å². The summed E-state index contributed by atoms with van der Waals surface area (Å²) in [6.45, 7) is 0. The molecule has 0 spiro atoms.